The van der Waals surface area contributed by atoms with Gasteiger partial charge in [0.05, 0.1) is 23.4 Å². The fraction of sp³-hybridized carbons (Fsp3) is 0.250. The number of para-hydroxylation sites is 3. The maximum atomic E-state index is 14.1. The number of esters is 1. The molecule has 3 aromatic rings. The number of hydrogen-bond donors (Lipinski definition) is 0. The zero-order valence-electron chi connectivity index (χ0n) is 15.3. The number of rotatable bonds is 4. The molecule has 1 aliphatic heterocycles. The van der Waals surface area contributed by atoms with Gasteiger partial charge in [-0.2, -0.15) is 0 Å². The van der Waals surface area contributed by atoms with E-state index in [2.05, 4.69) is 4.98 Å². The van der Waals surface area contributed by atoms with Crippen LogP contribution in [0.25, 0.3) is 10.2 Å². The van der Waals surface area contributed by atoms with E-state index in [1.807, 2.05) is 0 Å². The zero-order valence-corrected chi connectivity index (χ0v) is 16.1. The Kier molecular flexibility index (Phi) is 4.50. The van der Waals surface area contributed by atoms with E-state index in [1.165, 1.54) is 22.3 Å². The number of carbonyl (C=O) groups is 2. The Balaban J connectivity index is 1.83. The fourth-order valence-electron chi connectivity index (χ4n) is 3.15. The molecule has 0 radical (unpaired) electrons. The van der Waals surface area contributed by atoms with E-state index < -0.39 is 23.3 Å². The first-order valence-electron chi connectivity index (χ1n) is 8.76. The molecule has 0 fully saturated rings. The van der Waals surface area contributed by atoms with Gasteiger partial charge in [0, 0.05) is 0 Å². The van der Waals surface area contributed by atoms with Gasteiger partial charge in [0.15, 0.2) is 10.7 Å². The highest BCUT2D eigenvalue weighted by atomic mass is 32.1. The molecular formula is C20H17FN2O4S. The first-order chi connectivity index (χ1) is 13.4. The third kappa shape index (κ3) is 2.99. The van der Waals surface area contributed by atoms with Crippen molar-refractivity contribution in [2.75, 3.05) is 11.5 Å². The molecule has 0 bridgehead atoms. The highest BCUT2D eigenvalue weighted by Gasteiger charge is 2.48. The van der Waals surface area contributed by atoms with Crippen molar-refractivity contribution in [3.8, 4) is 5.75 Å². The van der Waals surface area contributed by atoms with Crippen LogP contribution in [-0.4, -0.2) is 29.1 Å². The van der Waals surface area contributed by atoms with E-state index in [4.69, 9.17) is 9.47 Å². The summed E-state index contributed by atoms with van der Waals surface area (Å²) >= 11 is 1.20. The van der Waals surface area contributed by atoms with Crippen LogP contribution < -0.4 is 9.64 Å². The molecule has 4 rings (SSSR count). The lowest BCUT2D eigenvalue weighted by Gasteiger charge is -2.39. The number of nitrogens with zero attached hydrogens (tertiary/aromatic N) is 2. The molecule has 0 spiro atoms. The highest BCUT2D eigenvalue weighted by molar-refractivity contribution is 7.22. The van der Waals surface area contributed by atoms with Gasteiger partial charge in [-0.25, -0.2) is 14.3 Å². The third-order valence-corrected chi connectivity index (χ3v) is 5.44. The number of carbonyl (C=O) groups excluding carboxylic acids is 2. The largest absolute Gasteiger partial charge is 0.475 e. The standard InChI is InChI=1S/C20H17FN2O4S/c1-3-26-16(24)11-20(2)18(25)23(13-8-4-5-9-14(13)27-20)19-22-17-12(21)7-6-10-15(17)28-19/h4-10H,3,11H2,1-2H3. The molecule has 1 amide bonds. The summed E-state index contributed by atoms with van der Waals surface area (Å²) in [5, 5.41) is 0.316. The van der Waals surface area contributed by atoms with Crippen molar-refractivity contribution in [2.45, 2.75) is 25.9 Å². The molecule has 28 heavy (non-hydrogen) atoms. The minimum Gasteiger partial charge on any atom is -0.475 e. The Labute approximate surface area is 164 Å². The predicted molar refractivity (Wildman–Crippen MR) is 103 cm³/mol. The summed E-state index contributed by atoms with van der Waals surface area (Å²) in [6.07, 6.45) is -0.246. The number of thiazole rings is 1. The van der Waals surface area contributed by atoms with Gasteiger partial charge in [0.25, 0.3) is 5.91 Å². The Morgan fingerprint density at radius 2 is 2.07 bits per heavy atom. The Hall–Kier alpha value is -3.00. The summed E-state index contributed by atoms with van der Waals surface area (Å²) in [6.45, 7) is 3.45. The van der Waals surface area contributed by atoms with E-state index in [0.29, 0.717) is 21.3 Å². The zero-order chi connectivity index (χ0) is 19.9. The Morgan fingerprint density at radius 3 is 2.82 bits per heavy atom. The molecule has 0 saturated carbocycles. The van der Waals surface area contributed by atoms with Gasteiger partial charge in [0.2, 0.25) is 0 Å². The highest BCUT2D eigenvalue weighted by Crippen LogP contribution is 2.45. The summed E-state index contributed by atoms with van der Waals surface area (Å²) in [7, 11) is 0. The average molecular weight is 400 g/mol. The van der Waals surface area contributed by atoms with Gasteiger partial charge < -0.3 is 9.47 Å². The molecule has 1 aromatic heterocycles. The number of ether oxygens (including phenoxy) is 2. The second-order valence-electron chi connectivity index (χ2n) is 6.51. The van der Waals surface area contributed by atoms with Crippen molar-refractivity contribution in [3.05, 3.63) is 48.3 Å². The van der Waals surface area contributed by atoms with Gasteiger partial charge in [-0.05, 0) is 38.1 Å². The van der Waals surface area contributed by atoms with Gasteiger partial charge in [-0.15, -0.1) is 0 Å². The molecule has 0 aliphatic carbocycles. The quantitative estimate of drug-likeness (QED) is 0.614. The molecular weight excluding hydrogens is 383 g/mol. The lowest BCUT2D eigenvalue weighted by Crippen LogP contribution is -2.53. The van der Waals surface area contributed by atoms with Crippen LogP contribution in [0, 0.1) is 5.82 Å². The van der Waals surface area contributed by atoms with Crippen molar-refractivity contribution in [1.82, 2.24) is 4.98 Å². The monoisotopic (exact) mass is 400 g/mol. The van der Waals surface area contributed by atoms with E-state index in [0.717, 1.165) is 0 Å². The molecule has 6 nitrogen and oxygen atoms in total. The summed E-state index contributed by atoms with van der Waals surface area (Å²) in [6, 6.07) is 11.6. The summed E-state index contributed by atoms with van der Waals surface area (Å²) < 4.78 is 25.7. The van der Waals surface area contributed by atoms with Crippen molar-refractivity contribution in [1.29, 1.82) is 0 Å². The van der Waals surface area contributed by atoms with Crippen molar-refractivity contribution in [2.24, 2.45) is 0 Å². The molecule has 1 atom stereocenters. The molecule has 0 saturated heterocycles. The topological polar surface area (TPSA) is 68.7 Å². The van der Waals surface area contributed by atoms with Crippen molar-refractivity contribution < 1.29 is 23.5 Å². The van der Waals surface area contributed by atoms with Gasteiger partial charge in [-0.3, -0.25) is 9.59 Å². The molecule has 8 heteroatoms. The van der Waals surface area contributed by atoms with Crippen LogP contribution in [-0.2, 0) is 14.3 Å². The number of anilines is 2. The van der Waals surface area contributed by atoms with Gasteiger partial charge >= 0.3 is 5.97 Å². The summed E-state index contributed by atoms with van der Waals surface area (Å²) in [5.41, 5.74) is -0.767. The van der Waals surface area contributed by atoms with Crippen LogP contribution in [0.1, 0.15) is 20.3 Å². The van der Waals surface area contributed by atoms with E-state index in [9.17, 15) is 14.0 Å². The number of halogens is 1. The van der Waals surface area contributed by atoms with Gasteiger partial charge in [-0.1, -0.05) is 29.5 Å². The molecule has 1 unspecified atom stereocenters. The maximum absolute atomic E-state index is 14.1. The number of amides is 1. The number of aromatic nitrogens is 1. The fourth-order valence-corrected chi connectivity index (χ4v) is 4.14. The first kappa shape index (κ1) is 18.4. The maximum Gasteiger partial charge on any atom is 0.310 e. The predicted octanol–water partition coefficient (Wildman–Crippen LogP) is 4.20. The SMILES string of the molecule is CCOC(=O)CC1(C)Oc2ccccc2N(c2nc3c(F)cccc3s2)C1=O. The van der Waals surface area contributed by atoms with Crippen LogP contribution in [0.3, 0.4) is 0 Å². The normalized spacial score (nSPS) is 18.7. The molecule has 2 aromatic carbocycles. The molecule has 2 heterocycles. The Morgan fingerprint density at radius 1 is 1.29 bits per heavy atom. The van der Waals surface area contributed by atoms with E-state index >= 15 is 0 Å². The van der Waals surface area contributed by atoms with Crippen molar-refractivity contribution in [3.63, 3.8) is 0 Å². The molecule has 0 N–H and O–H groups in total. The first-order valence-corrected chi connectivity index (χ1v) is 9.58. The van der Waals surface area contributed by atoms with Crippen molar-refractivity contribution >= 4 is 44.2 Å². The number of hydrogen-bond acceptors (Lipinski definition) is 6. The molecule has 144 valence electrons. The Bertz CT molecular complexity index is 1080. The summed E-state index contributed by atoms with van der Waals surface area (Å²) in [4.78, 5) is 31.2. The van der Waals surface area contributed by atoms with E-state index in [-0.39, 0.29) is 18.5 Å². The van der Waals surface area contributed by atoms with E-state index in [1.54, 1.807) is 50.2 Å². The second-order valence-corrected chi connectivity index (χ2v) is 7.52. The van der Waals surface area contributed by atoms with Gasteiger partial charge in [0.1, 0.15) is 17.1 Å². The number of fused-ring (bicyclic) bond motifs is 2. The minimum atomic E-state index is -1.46. The van der Waals surface area contributed by atoms with Crippen LogP contribution in [0.5, 0.6) is 5.75 Å². The third-order valence-electron chi connectivity index (χ3n) is 4.43. The van der Waals surface area contributed by atoms with Crippen LogP contribution in [0.4, 0.5) is 15.2 Å². The smallest absolute Gasteiger partial charge is 0.310 e. The number of benzene rings is 2. The second kappa shape index (κ2) is 6.87. The van der Waals surface area contributed by atoms with Crippen LogP contribution >= 0.6 is 11.3 Å². The average Bonchev–Trinajstić information content (AvgIpc) is 3.08. The van der Waals surface area contributed by atoms with Crippen LogP contribution in [0.15, 0.2) is 42.5 Å². The van der Waals surface area contributed by atoms with Crippen LogP contribution in [0.2, 0.25) is 0 Å². The lowest BCUT2D eigenvalue weighted by molar-refractivity contribution is -0.152. The molecule has 1 aliphatic rings. The minimum absolute atomic E-state index is 0.200. The summed E-state index contributed by atoms with van der Waals surface area (Å²) in [5.74, 6) is -1.01. The lowest BCUT2D eigenvalue weighted by atomic mass is 9.97.